The molecule has 0 radical (unpaired) electrons. The van der Waals surface area contributed by atoms with Gasteiger partial charge in [-0.1, -0.05) is 22.9 Å². The van der Waals surface area contributed by atoms with Gasteiger partial charge in [0.25, 0.3) is 0 Å². The van der Waals surface area contributed by atoms with Crippen molar-refractivity contribution in [2.75, 3.05) is 5.32 Å². The fourth-order valence-electron chi connectivity index (χ4n) is 3.18. The molecule has 2 aromatic heterocycles. The fraction of sp³-hybridized carbons (Fsp3) is 0.0870. The first-order valence-corrected chi connectivity index (χ1v) is 10.7. The Labute approximate surface area is 183 Å². The van der Waals surface area contributed by atoms with E-state index in [0.29, 0.717) is 11.6 Å². The third-order valence-corrected chi connectivity index (χ3v) is 6.10. The van der Waals surface area contributed by atoms with Crippen LogP contribution in [0.2, 0.25) is 5.02 Å². The molecule has 0 atom stereocenters. The second kappa shape index (κ2) is 7.89. The number of aromatic nitrogens is 4. The topological polar surface area (TPSA) is 55.6 Å². The Kier molecular flexibility index (Phi) is 4.94. The summed E-state index contributed by atoms with van der Waals surface area (Å²) in [5.74, 6) is 0. The zero-order chi connectivity index (χ0) is 20.5. The number of rotatable bonds is 5. The van der Waals surface area contributed by atoms with E-state index in [1.165, 1.54) is 10.3 Å². The summed E-state index contributed by atoms with van der Waals surface area (Å²) >= 11 is 7.66. The Morgan fingerprint density at radius 3 is 2.60 bits per heavy atom. The zero-order valence-electron chi connectivity index (χ0n) is 16.2. The normalized spacial score (nSPS) is 11.1. The van der Waals surface area contributed by atoms with Crippen LogP contribution in [0.3, 0.4) is 0 Å². The lowest BCUT2D eigenvalue weighted by molar-refractivity contribution is 0.798. The van der Waals surface area contributed by atoms with Gasteiger partial charge in [0, 0.05) is 16.3 Å². The fourth-order valence-corrected chi connectivity index (χ4v) is 4.37. The Morgan fingerprint density at radius 2 is 1.80 bits per heavy atom. The second-order valence-corrected chi connectivity index (χ2v) is 8.52. The predicted molar refractivity (Wildman–Crippen MR) is 123 cm³/mol. The van der Waals surface area contributed by atoms with Crippen LogP contribution in [-0.4, -0.2) is 20.0 Å². The summed E-state index contributed by atoms with van der Waals surface area (Å²) in [6.07, 6.45) is 1.91. The lowest BCUT2D eigenvalue weighted by atomic mass is 10.2. The third kappa shape index (κ3) is 3.92. The highest BCUT2D eigenvalue weighted by molar-refractivity contribution is 7.21. The minimum atomic E-state index is 0.591. The van der Waals surface area contributed by atoms with Crippen molar-refractivity contribution < 1.29 is 0 Å². The third-order valence-electron chi connectivity index (χ3n) is 4.78. The molecule has 0 unspecified atom stereocenters. The molecule has 0 amide bonds. The van der Waals surface area contributed by atoms with Crippen LogP contribution >= 0.6 is 22.9 Å². The standard InChI is InChI=1S/C23H18ClN5S/c1-15-2-11-21-22(12-15)30-23(26-21)16-3-7-18(8-4-16)25-13-19-14-29(28-27-19)20-9-5-17(24)6-10-20/h2-12,14,25H,13H2,1H3. The summed E-state index contributed by atoms with van der Waals surface area (Å²) in [7, 11) is 0. The molecule has 0 bridgehead atoms. The molecular weight excluding hydrogens is 414 g/mol. The first-order valence-electron chi connectivity index (χ1n) is 9.53. The maximum Gasteiger partial charge on any atom is 0.124 e. The molecule has 30 heavy (non-hydrogen) atoms. The molecule has 0 fully saturated rings. The van der Waals surface area contributed by atoms with Crippen molar-refractivity contribution in [3.63, 3.8) is 0 Å². The van der Waals surface area contributed by atoms with Crippen LogP contribution in [0.5, 0.6) is 0 Å². The molecule has 7 heteroatoms. The minimum Gasteiger partial charge on any atom is -0.379 e. The summed E-state index contributed by atoms with van der Waals surface area (Å²) in [5, 5.41) is 13.5. The largest absolute Gasteiger partial charge is 0.379 e. The number of aryl methyl sites for hydroxylation is 1. The van der Waals surface area contributed by atoms with Crippen LogP contribution in [0.25, 0.3) is 26.5 Å². The maximum atomic E-state index is 5.94. The van der Waals surface area contributed by atoms with E-state index in [1.54, 1.807) is 16.0 Å². The van der Waals surface area contributed by atoms with Gasteiger partial charge in [0.1, 0.15) is 10.7 Å². The van der Waals surface area contributed by atoms with E-state index in [2.05, 4.69) is 65.0 Å². The van der Waals surface area contributed by atoms with Gasteiger partial charge in [0.15, 0.2) is 0 Å². The van der Waals surface area contributed by atoms with Crippen molar-refractivity contribution in [3.8, 4) is 16.3 Å². The number of nitrogens with zero attached hydrogens (tertiary/aromatic N) is 4. The predicted octanol–water partition coefficient (Wildman–Crippen LogP) is 6.12. The van der Waals surface area contributed by atoms with E-state index < -0.39 is 0 Å². The molecule has 0 saturated heterocycles. The van der Waals surface area contributed by atoms with Crippen LogP contribution in [0, 0.1) is 6.92 Å². The molecule has 0 spiro atoms. The molecule has 0 saturated carbocycles. The molecule has 0 aliphatic heterocycles. The summed E-state index contributed by atoms with van der Waals surface area (Å²) in [5.41, 5.74) is 6.23. The molecule has 2 heterocycles. The van der Waals surface area contributed by atoms with Crippen LogP contribution in [0.15, 0.2) is 72.9 Å². The van der Waals surface area contributed by atoms with Gasteiger partial charge in [-0.05, 0) is 73.2 Å². The van der Waals surface area contributed by atoms with Gasteiger partial charge in [0.05, 0.1) is 28.6 Å². The van der Waals surface area contributed by atoms with Crippen molar-refractivity contribution >= 4 is 38.8 Å². The van der Waals surface area contributed by atoms with Crippen molar-refractivity contribution in [1.29, 1.82) is 0 Å². The van der Waals surface area contributed by atoms with Crippen molar-refractivity contribution in [1.82, 2.24) is 20.0 Å². The van der Waals surface area contributed by atoms with Gasteiger partial charge >= 0.3 is 0 Å². The Balaban J connectivity index is 1.26. The van der Waals surface area contributed by atoms with E-state index in [0.717, 1.165) is 33.2 Å². The molecule has 5 rings (SSSR count). The Morgan fingerprint density at radius 1 is 1.00 bits per heavy atom. The zero-order valence-corrected chi connectivity index (χ0v) is 17.8. The van der Waals surface area contributed by atoms with E-state index >= 15 is 0 Å². The molecular formula is C23H18ClN5S. The van der Waals surface area contributed by atoms with Crippen LogP contribution in [0.4, 0.5) is 5.69 Å². The van der Waals surface area contributed by atoms with Crippen LogP contribution < -0.4 is 5.32 Å². The van der Waals surface area contributed by atoms with Gasteiger partial charge in [-0.3, -0.25) is 0 Å². The van der Waals surface area contributed by atoms with Crippen LogP contribution in [0.1, 0.15) is 11.3 Å². The number of nitrogens with one attached hydrogen (secondary N) is 1. The number of benzene rings is 3. The highest BCUT2D eigenvalue weighted by Crippen LogP contribution is 2.31. The van der Waals surface area contributed by atoms with Gasteiger partial charge in [-0.2, -0.15) is 0 Å². The van der Waals surface area contributed by atoms with Gasteiger partial charge in [0.2, 0.25) is 0 Å². The number of hydrogen-bond acceptors (Lipinski definition) is 5. The summed E-state index contributed by atoms with van der Waals surface area (Å²) in [6.45, 7) is 2.70. The lowest BCUT2D eigenvalue weighted by Crippen LogP contribution is -1.99. The average Bonchev–Trinajstić information content (AvgIpc) is 3.40. The first kappa shape index (κ1) is 18.8. The number of thiazole rings is 1. The van der Waals surface area contributed by atoms with Crippen molar-refractivity contribution in [3.05, 3.63) is 89.2 Å². The number of hydrogen-bond donors (Lipinski definition) is 1. The van der Waals surface area contributed by atoms with E-state index in [9.17, 15) is 0 Å². The quantitative estimate of drug-likeness (QED) is 0.364. The Bertz CT molecular complexity index is 1310. The van der Waals surface area contributed by atoms with E-state index in [-0.39, 0.29) is 0 Å². The van der Waals surface area contributed by atoms with Crippen LogP contribution in [-0.2, 0) is 6.54 Å². The number of halogens is 1. The monoisotopic (exact) mass is 431 g/mol. The highest BCUT2D eigenvalue weighted by atomic mass is 35.5. The second-order valence-electron chi connectivity index (χ2n) is 7.05. The lowest BCUT2D eigenvalue weighted by Gasteiger charge is -2.05. The average molecular weight is 432 g/mol. The Hall–Kier alpha value is -3.22. The minimum absolute atomic E-state index is 0.591. The summed E-state index contributed by atoms with van der Waals surface area (Å²) < 4.78 is 2.96. The van der Waals surface area contributed by atoms with Gasteiger partial charge in [-0.15, -0.1) is 16.4 Å². The molecule has 0 aliphatic carbocycles. The van der Waals surface area contributed by atoms with E-state index in [1.807, 2.05) is 30.5 Å². The molecule has 5 nitrogen and oxygen atoms in total. The van der Waals surface area contributed by atoms with Crippen molar-refractivity contribution in [2.24, 2.45) is 0 Å². The van der Waals surface area contributed by atoms with Gasteiger partial charge < -0.3 is 5.32 Å². The first-order chi connectivity index (χ1) is 14.6. The summed E-state index contributed by atoms with van der Waals surface area (Å²) in [4.78, 5) is 4.75. The van der Waals surface area contributed by atoms with Gasteiger partial charge in [-0.25, -0.2) is 9.67 Å². The number of anilines is 1. The molecule has 1 N–H and O–H groups in total. The van der Waals surface area contributed by atoms with Crippen molar-refractivity contribution in [2.45, 2.75) is 13.5 Å². The molecule has 148 valence electrons. The summed E-state index contributed by atoms with van der Waals surface area (Å²) in [6, 6.07) is 22.2. The SMILES string of the molecule is Cc1ccc2nc(-c3ccc(NCc4cn(-c5ccc(Cl)cc5)nn4)cc3)sc2c1. The molecule has 0 aliphatic rings. The smallest absolute Gasteiger partial charge is 0.124 e. The van der Waals surface area contributed by atoms with E-state index in [4.69, 9.17) is 16.6 Å². The highest BCUT2D eigenvalue weighted by Gasteiger charge is 2.07. The molecule has 3 aromatic carbocycles. The molecule has 5 aromatic rings. The maximum absolute atomic E-state index is 5.94. The number of fused-ring (bicyclic) bond motifs is 1.